The Hall–Kier alpha value is -3.66. The van der Waals surface area contributed by atoms with Crippen molar-refractivity contribution in [2.75, 3.05) is 23.4 Å². The maximum Gasteiger partial charge on any atom is 0.265 e. The normalized spacial score (nSPS) is 12.6. The number of ether oxygens (including phenoxy) is 1. The van der Waals surface area contributed by atoms with Gasteiger partial charge in [-0.25, -0.2) is 0 Å². The second-order valence-corrected chi connectivity index (χ2v) is 6.06. The number of anilines is 2. The van der Waals surface area contributed by atoms with Crippen molar-refractivity contribution in [1.82, 2.24) is 0 Å². The molecule has 1 aliphatic heterocycles. The predicted molar refractivity (Wildman–Crippen MR) is 98.7 cm³/mol. The summed E-state index contributed by atoms with van der Waals surface area (Å²) in [6.07, 6.45) is 0.0618. The Balaban J connectivity index is 1.71. The van der Waals surface area contributed by atoms with E-state index in [1.54, 1.807) is 42.5 Å². The molecule has 2 amide bonds. The number of Topliss-reactive ketones (excluding diaryl/α,β-unsaturated/α-hetero) is 1. The summed E-state index contributed by atoms with van der Waals surface area (Å²) in [6, 6.07) is 13.5. The van der Waals surface area contributed by atoms with Crippen LogP contribution in [0, 0.1) is 11.3 Å². The lowest BCUT2D eigenvalue weighted by atomic mass is 10.1. The summed E-state index contributed by atoms with van der Waals surface area (Å²) in [6.45, 7) is 1.49. The highest BCUT2D eigenvalue weighted by atomic mass is 16.5. The zero-order valence-electron chi connectivity index (χ0n) is 14.7. The standard InChI is InChI=1S/C20H17N3O4/c1-13(24)15-5-6-18-17(10-15)23(20(26)12-27-18)8-7-19(25)22-16-4-2-3-14(9-16)11-21/h2-6,9-10H,7-8,12H2,1H3,(H,22,25). The summed E-state index contributed by atoms with van der Waals surface area (Å²) in [5.41, 5.74) is 1.92. The zero-order valence-corrected chi connectivity index (χ0v) is 14.7. The van der Waals surface area contributed by atoms with E-state index in [2.05, 4.69) is 5.32 Å². The summed E-state index contributed by atoms with van der Waals surface area (Å²) in [5, 5.41) is 11.6. The van der Waals surface area contributed by atoms with E-state index < -0.39 is 0 Å². The molecule has 0 atom stereocenters. The number of nitrogens with one attached hydrogen (secondary N) is 1. The lowest BCUT2D eigenvalue weighted by Crippen LogP contribution is -2.40. The molecule has 7 heteroatoms. The van der Waals surface area contributed by atoms with Gasteiger partial charge in [-0.3, -0.25) is 14.4 Å². The quantitative estimate of drug-likeness (QED) is 0.823. The van der Waals surface area contributed by atoms with Gasteiger partial charge in [0.15, 0.2) is 12.4 Å². The average molecular weight is 363 g/mol. The molecule has 7 nitrogen and oxygen atoms in total. The molecule has 2 aromatic carbocycles. The maximum atomic E-state index is 12.2. The molecular formula is C20H17N3O4. The number of carbonyl (C=O) groups is 3. The number of hydrogen-bond donors (Lipinski definition) is 1. The molecule has 2 aromatic rings. The highest BCUT2D eigenvalue weighted by molar-refractivity contribution is 6.02. The maximum absolute atomic E-state index is 12.2. The van der Waals surface area contributed by atoms with Gasteiger partial charge in [-0.2, -0.15) is 5.26 Å². The zero-order chi connectivity index (χ0) is 19.4. The molecule has 0 bridgehead atoms. The number of carbonyl (C=O) groups excluding carboxylic acids is 3. The van der Waals surface area contributed by atoms with Gasteiger partial charge in [0.2, 0.25) is 5.91 Å². The van der Waals surface area contributed by atoms with Crippen LogP contribution in [-0.4, -0.2) is 30.7 Å². The van der Waals surface area contributed by atoms with E-state index in [0.717, 1.165) is 0 Å². The molecule has 1 aliphatic rings. The first-order chi connectivity index (χ1) is 13.0. The van der Waals surface area contributed by atoms with Crippen LogP contribution in [0.15, 0.2) is 42.5 Å². The molecule has 0 spiro atoms. The first kappa shape index (κ1) is 18.1. The fourth-order valence-corrected chi connectivity index (χ4v) is 2.77. The van der Waals surface area contributed by atoms with Crippen LogP contribution in [0.3, 0.4) is 0 Å². The van der Waals surface area contributed by atoms with Crippen molar-refractivity contribution in [3.63, 3.8) is 0 Å². The average Bonchev–Trinajstić information content (AvgIpc) is 2.66. The Labute approximate surface area is 156 Å². The molecule has 0 fully saturated rings. The van der Waals surface area contributed by atoms with Gasteiger partial charge in [0, 0.05) is 24.2 Å². The first-order valence-corrected chi connectivity index (χ1v) is 8.36. The number of fused-ring (bicyclic) bond motifs is 1. The van der Waals surface area contributed by atoms with Crippen LogP contribution >= 0.6 is 0 Å². The van der Waals surface area contributed by atoms with Crippen molar-refractivity contribution in [3.05, 3.63) is 53.6 Å². The Morgan fingerprint density at radius 1 is 1.26 bits per heavy atom. The summed E-state index contributed by atoms with van der Waals surface area (Å²) in [5.74, 6) is -0.177. The monoisotopic (exact) mass is 363 g/mol. The summed E-state index contributed by atoms with van der Waals surface area (Å²) < 4.78 is 5.40. The fourth-order valence-electron chi connectivity index (χ4n) is 2.77. The number of ketones is 1. The van der Waals surface area contributed by atoms with Gasteiger partial charge in [0.25, 0.3) is 5.91 Å². The highest BCUT2D eigenvalue weighted by Gasteiger charge is 2.26. The Bertz CT molecular complexity index is 962. The van der Waals surface area contributed by atoms with Crippen LogP contribution in [0.2, 0.25) is 0 Å². The van der Waals surface area contributed by atoms with E-state index in [-0.39, 0.29) is 37.2 Å². The van der Waals surface area contributed by atoms with Crippen LogP contribution in [0.5, 0.6) is 5.75 Å². The highest BCUT2D eigenvalue weighted by Crippen LogP contribution is 2.33. The van der Waals surface area contributed by atoms with Crippen LogP contribution in [0.25, 0.3) is 0 Å². The predicted octanol–water partition coefficient (Wildman–Crippen LogP) is 2.52. The lowest BCUT2D eigenvalue weighted by molar-refractivity contribution is -0.121. The van der Waals surface area contributed by atoms with Gasteiger partial charge in [0.05, 0.1) is 17.3 Å². The van der Waals surface area contributed by atoms with Gasteiger partial charge < -0.3 is 15.0 Å². The minimum atomic E-state index is -0.284. The topological polar surface area (TPSA) is 99.5 Å². The molecule has 0 aliphatic carbocycles. The fraction of sp³-hybridized carbons (Fsp3) is 0.200. The van der Waals surface area contributed by atoms with Crippen molar-refractivity contribution in [3.8, 4) is 11.8 Å². The van der Waals surface area contributed by atoms with Crippen molar-refractivity contribution in [1.29, 1.82) is 5.26 Å². The molecule has 27 heavy (non-hydrogen) atoms. The minimum absolute atomic E-state index is 0.0618. The van der Waals surface area contributed by atoms with Gasteiger partial charge in [-0.05, 0) is 43.3 Å². The lowest BCUT2D eigenvalue weighted by Gasteiger charge is -2.29. The summed E-state index contributed by atoms with van der Waals surface area (Å²) in [7, 11) is 0. The van der Waals surface area contributed by atoms with Gasteiger partial charge >= 0.3 is 0 Å². The first-order valence-electron chi connectivity index (χ1n) is 8.36. The number of amides is 2. The smallest absolute Gasteiger partial charge is 0.265 e. The largest absolute Gasteiger partial charge is 0.482 e. The molecule has 0 saturated carbocycles. The molecule has 3 rings (SSSR count). The number of nitrogens with zero attached hydrogens (tertiary/aromatic N) is 2. The third kappa shape index (κ3) is 4.12. The second-order valence-electron chi connectivity index (χ2n) is 6.06. The van der Waals surface area contributed by atoms with E-state index in [4.69, 9.17) is 10.00 Å². The Kier molecular flexibility index (Phi) is 5.18. The Morgan fingerprint density at radius 3 is 2.81 bits per heavy atom. The SMILES string of the molecule is CC(=O)c1ccc2c(c1)N(CCC(=O)Nc1cccc(C#N)c1)C(=O)CO2. The van der Waals surface area contributed by atoms with Crippen LogP contribution < -0.4 is 15.0 Å². The number of rotatable bonds is 5. The van der Waals surface area contributed by atoms with Crippen molar-refractivity contribution in [2.45, 2.75) is 13.3 Å². The second kappa shape index (κ2) is 7.70. The summed E-state index contributed by atoms with van der Waals surface area (Å²) >= 11 is 0. The number of nitriles is 1. The van der Waals surface area contributed by atoms with E-state index in [1.165, 1.54) is 11.8 Å². The number of benzene rings is 2. The molecule has 136 valence electrons. The van der Waals surface area contributed by atoms with Crippen molar-refractivity contribution >= 4 is 29.0 Å². The van der Waals surface area contributed by atoms with E-state index in [9.17, 15) is 14.4 Å². The van der Waals surface area contributed by atoms with Crippen molar-refractivity contribution < 1.29 is 19.1 Å². The van der Waals surface area contributed by atoms with E-state index >= 15 is 0 Å². The number of hydrogen-bond acceptors (Lipinski definition) is 5. The van der Waals surface area contributed by atoms with E-state index in [0.29, 0.717) is 28.3 Å². The minimum Gasteiger partial charge on any atom is -0.482 e. The van der Waals surface area contributed by atoms with Crippen molar-refractivity contribution in [2.24, 2.45) is 0 Å². The van der Waals surface area contributed by atoms with Gasteiger partial charge in [-0.15, -0.1) is 0 Å². The summed E-state index contributed by atoms with van der Waals surface area (Å²) in [4.78, 5) is 37.5. The molecule has 0 unspecified atom stereocenters. The molecule has 1 N–H and O–H groups in total. The van der Waals surface area contributed by atoms with Gasteiger partial charge in [-0.1, -0.05) is 6.07 Å². The third-order valence-electron chi connectivity index (χ3n) is 4.15. The third-order valence-corrected chi connectivity index (χ3v) is 4.15. The van der Waals surface area contributed by atoms with Crippen LogP contribution in [0.1, 0.15) is 29.3 Å². The molecule has 1 heterocycles. The van der Waals surface area contributed by atoms with E-state index in [1.807, 2.05) is 6.07 Å². The molecule has 0 radical (unpaired) electrons. The molecule has 0 saturated heterocycles. The Morgan fingerprint density at radius 2 is 2.07 bits per heavy atom. The van der Waals surface area contributed by atoms with Crippen LogP contribution in [-0.2, 0) is 9.59 Å². The van der Waals surface area contributed by atoms with Crippen LogP contribution in [0.4, 0.5) is 11.4 Å². The molecule has 0 aromatic heterocycles. The molecular weight excluding hydrogens is 346 g/mol. The van der Waals surface area contributed by atoms with Gasteiger partial charge in [0.1, 0.15) is 5.75 Å².